The van der Waals surface area contributed by atoms with Crippen LogP contribution in [-0.4, -0.2) is 85.3 Å². The van der Waals surface area contributed by atoms with Gasteiger partial charge in [0.05, 0.1) is 16.9 Å². The normalized spacial score (nSPS) is 18.7. The summed E-state index contributed by atoms with van der Waals surface area (Å²) >= 11 is 0. The van der Waals surface area contributed by atoms with Crippen LogP contribution in [-0.2, 0) is 35.9 Å². The topological polar surface area (TPSA) is 145 Å². The summed E-state index contributed by atoms with van der Waals surface area (Å²) in [5, 5.41) is 0. The van der Waals surface area contributed by atoms with Crippen molar-refractivity contribution in [2.45, 2.75) is 77.0 Å². The number of carbonyl (C=O) groups is 1. The van der Waals surface area contributed by atoms with Crippen LogP contribution in [0.25, 0.3) is 0 Å². The molecule has 0 spiro atoms. The Hall–Kier alpha value is -4.82. The molecule has 0 aromatic heterocycles. The van der Waals surface area contributed by atoms with E-state index < -0.39 is 20.2 Å². The third kappa shape index (κ3) is 10.1. The van der Waals surface area contributed by atoms with Crippen molar-refractivity contribution in [2.75, 3.05) is 43.1 Å². The molecule has 2 aliphatic heterocycles. The Labute approximate surface area is 349 Å². The summed E-state index contributed by atoms with van der Waals surface area (Å²) < 4.78 is 72.7. The Kier molecular flexibility index (Phi) is 13.2. The number of ether oxygens (including phenoxy) is 1. The predicted octanol–water partition coefficient (Wildman–Crippen LogP) is 8.15. The van der Waals surface area contributed by atoms with Crippen molar-refractivity contribution >= 4 is 43.2 Å². The van der Waals surface area contributed by atoms with Gasteiger partial charge in [-0.15, -0.1) is 0 Å². The lowest BCUT2D eigenvalue weighted by Gasteiger charge is -2.27. The fourth-order valence-electron chi connectivity index (χ4n) is 8.58. The Morgan fingerprint density at radius 1 is 0.780 bits per heavy atom. The summed E-state index contributed by atoms with van der Waals surface area (Å²) in [6.45, 7) is 9.70. The van der Waals surface area contributed by atoms with Gasteiger partial charge in [-0.05, 0) is 86.9 Å². The van der Waals surface area contributed by atoms with Crippen molar-refractivity contribution in [3.63, 3.8) is 0 Å². The van der Waals surface area contributed by atoms with Crippen LogP contribution >= 0.6 is 0 Å². The van der Waals surface area contributed by atoms with Crippen LogP contribution in [0.3, 0.4) is 0 Å². The number of nitrogens with zero attached hydrogens (tertiary/aromatic N) is 3. The molecule has 13 heteroatoms. The first-order valence-electron chi connectivity index (χ1n) is 20.2. The van der Waals surface area contributed by atoms with Gasteiger partial charge in [0.25, 0.3) is 26.1 Å². The number of rotatable bonds is 17. The highest BCUT2D eigenvalue weighted by atomic mass is 32.2. The smallest absolute Gasteiger partial charge is 0.264 e. The van der Waals surface area contributed by atoms with E-state index in [-0.39, 0.29) is 34.8 Å². The quantitative estimate of drug-likeness (QED) is 0.0782. The summed E-state index contributed by atoms with van der Waals surface area (Å²) in [6, 6.07) is 25.7. The largest absolute Gasteiger partial charge is 0.484 e. The van der Waals surface area contributed by atoms with E-state index in [1.54, 1.807) is 11.9 Å². The SMILES string of the molecule is CN(C(=O)COc1ccccc1)C1=C(/C=C/C2=[N+](CCCCS(=O)(=O)O)c3ccccc3C2(C)C)CC/C1=C\C=C1\N(CCCCS(=O)(=O)O)c2ccccc2C1(C)C. The highest BCUT2D eigenvalue weighted by Gasteiger charge is 2.44. The molecule has 3 aromatic carbocycles. The molecule has 314 valence electrons. The first-order chi connectivity index (χ1) is 27.9. The summed E-state index contributed by atoms with van der Waals surface area (Å²) in [7, 11) is -6.33. The minimum absolute atomic E-state index is 0.147. The predicted molar refractivity (Wildman–Crippen MR) is 234 cm³/mol. The van der Waals surface area contributed by atoms with Crippen molar-refractivity contribution in [3.8, 4) is 5.75 Å². The highest BCUT2D eigenvalue weighted by molar-refractivity contribution is 7.86. The lowest BCUT2D eigenvalue weighted by atomic mass is 9.81. The molecule has 1 aliphatic carbocycles. The molecular formula is C46H56N3O8S2+. The zero-order chi connectivity index (χ0) is 42.6. The van der Waals surface area contributed by atoms with E-state index in [1.807, 2.05) is 54.6 Å². The van der Waals surface area contributed by atoms with Crippen LogP contribution in [0.4, 0.5) is 11.4 Å². The van der Waals surface area contributed by atoms with Crippen molar-refractivity contribution in [2.24, 2.45) is 0 Å². The zero-order valence-corrected chi connectivity index (χ0v) is 36.2. The van der Waals surface area contributed by atoms with Crippen LogP contribution in [0.15, 0.2) is 126 Å². The van der Waals surface area contributed by atoms with Crippen molar-refractivity contribution in [1.82, 2.24) is 4.90 Å². The molecule has 1 amide bonds. The van der Waals surface area contributed by atoms with Gasteiger partial charge in [0.2, 0.25) is 5.69 Å². The number of allylic oxidation sites excluding steroid dienone is 7. The van der Waals surface area contributed by atoms with Crippen molar-refractivity contribution in [3.05, 3.63) is 137 Å². The monoisotopic (exact) mass is 842 g/mol. The summed E-state index contributed by atoms with van der Waals surface area (Å²) in [5.41, 5.74) is 8.61. The minimum Gasteiger partial charge on any atom is -0.484 e. The second kappa shape index (κ2) is 17.8. The number of carbonyl (C=O) groups excluding carboxylic acids is 1. The second-order valence-electron chi connectivity index (χ2n) is 16.5. The van der Waals surface area contributed by atoms with Gasteiger partial charge in [0.15, 0.2) is 12.3 Å². The molecule has 0 bridgehead atoms. The first kappa shape index (κ1) is 43.8. The molecule has 0 atom stereocenters. The van der Waals surface area contributed by atoms with Crippen LogP contribution in [0, 0.1) is 0 Å². The summed E-state index contributed by atoms with van der Waals surface area (Å²) in [6.07, 6.45) is 11.6. The molecule has 11 nitrogen and oxygen atoms in total. The van der Waals surface area contributed by atoms with Gasteiger partial charge in [0.1, 0.15) is 12.3 Å². The van der Waals surface area contributed by atoms with Crippen molar-refractivity contribution < 1.29 is 40.0 Å². The van der Waals surface area contributed by atoms with Crippen LogP contribution in [0.1, 0.15) is 77.3 Å². The number of hydrogen-bond donors (Lipinski definition) is 2. The third-order valence-electron chi connectivity index (χ3n) is 11.6. The maximum absolute atomic E-state index is 13.9. The number of unbranched alkanes of at least 4 members (excludes halogenated alkanes) is 2. The lowest BCUT2D eigenvalue weighted by Crippen LogP contribution is -2.31. The summed E-state index contributed by atoms with van der Waals surface area (Å²) in [5.74, 6) is -0.179. The Balaban J connectivity index is 1.38. The molecular weight excluding hydrogens is 787 g/mol. The molecule has 59 heavy (non-hydrogen) atoms. The lowest BCUT2D eigenvalue weighted by molar-refractivity contribution is -0.438. The van der Waals surface area contributed by atoms with Crippen LogP contribution in [0.5, 0.6) is 5.75 Å². The number of fused-ring (bicyclic) bond motifs is 2. The average molecular weight is 843 g/mol. The fraction of sp³-hybridized carbons (Fsp3) is 0.391. The molecule has 3 aromatic rings. The Bertz CT molecular complexity index is 2450. The Morgan fingerprint density at radius 3 is 2.10 bits per heavy atom. The van der Waals surface area contributed by atoms with Crippen LogP contribution in [0.2, 0.25) is 0 Å². The molecule has 0 unspecified atom stereocenters. The van der Waals surface area contributed by atoms with E-state index in [2.05, 4.69) is 85.7 Å². The number of para-hydroxylation sites is 3. The first-order valence-corrected chi connectivity index (χ1v) is 23.4. The van der Waals surface area contributed by atoms with E-state index >= 15 is 0 Å². The number of amides is 1. The van der Waals surface area contributed by atoms with Gasteiger partial charge in [0, 0.05) is 60.2 Å². The van der Waals surface area contributed by atoms with Gasteiger partial charge < -0.3 is 14.5 Å². The molecule has 0 saturated carbocycles. The molecule has 0 saturated heterocycles. The van der Waals surface area contributed by atoms with Gasteiger partial charge in [-0.1, -0.05) is 80.6 Å². The molecule has 2 heterocycles. The Morgan fingerprint density at radius 2 is 1.41 bits per heavy atom. The maximum atomic E-state index is 13.9. The standard InChI is InChI=1S/C46H55N3O8S2/c1-45(2)37-19-9-11-21-39(37)48(29-13-15-31-58(51,52)53)41(45)27-25-34-23-24-35(44(34)47(5)43(50)33-57-36-17-7-6-8-18-36)26-28-42-46(3,4)38-20-10-12-22-40(38)49(42)30-14-16-32-59(54,55)56/h6-12,17-22,25-28H,13-16,23-24,29-33H2,1-5H3,(H-,51,52,53,54,55,56)/p+1. The van der Waals surface area contributed by atoms with E-state index in [9.17, 15) is 30.7 Å². The second-order valence-corrected chi connectivity index (χ2v) is 19.6. The van der Waals surface area contributed by atoms with Gasteiger partial charge in [-0.25, -0.2) is 0 Å². The van der Waals surface area contributed by atoms with Crippen LogP contribution < -0.4 is 9.64 Å². The number of likely N-dealkylation sites (N-methyl/N-ethyl adjacent to an activating group) is 1. The van der Waals surface area contributed by atoms with E-state index in [1.165, 1.54) is 0 Å². The highest BCUT2D eigenvalue weighted by Crippen LogP contribution is 2.48. The fourth-order valence-corrected chi connectivity index (χ4v) is 9.72. The van der Waals surface area contributed by atoms with Crippen molar-refractivity contribution in [1.29, 1.82) is 0 Å². The van der Waals surface area contributed by atoms with E-state index in [0.717, 1.165) is 50.8 Å². The molecule has 6 rings (SSSR count). The van der Waals surface area contributed by atoms with E-state index in [4.69, 9.17) is 4.74 Å². The van der Waals surface area contributed by atoms with E-state index in [0.29, 0.717) is 57.4 Å². The summed E-state index contributed by atoms with van der Waals surface area (Å²) in [4.78, 5) is 17.8. The number of benzene rings is 3. The average Bonchev–Trinajstić information content (AvgIpc) is 3.76. The van der Waals surface area contributed by atoms with Gasteiger partial charge in [-0.3, -0.25) is 13.9 Å². The number of hydrogen-bond acceptors (Lipinski definition) is 7. The molecule has 2 N–H and O–H groups in total. The number of anilines is 1. The zero-order valence-electron chi connectivity index (χ0n) is 34.6. The van der Waals surface area contributed by atoms with Gasteiger partial charge >= 0.3 is 0 Å². The van der Waals surface area contributed by atoms with Gasteiger partial charge in [-0.2, -0.15) is 21.4 Å². The third-order valence-corrected chi connectivity index (χ3v) is 13.2. The molecule has 0 fully saturated rings. The maximum Gasteiger partial charge on any atom is 0.264 e. The minimum atomic E-state index is -4.06. The molecule has 0 radical (unpaired) electrons. The molecule has 3 aliphatic rings.